The van der Waals surface area contributed by atoms with Crippen molar-refractivity contribution in [3.63, 3.8) is 0 Å². The molecule has 4 rings (SSSR count). The Morgan fingerprint density at radius 3 is 1.60 bits per heavy atom. The summed E-state index contributed by atoms with van der Waals surface area (Å²) in [5.74, 6) is 5.35. The number of rotatable bonds is 20. The molecule has 2 aliphatic carbocycles. The van der Waals surface area contributed by atoms with E-state index in [1.807, 2.05) is 0 Å². The summed E-state index contributed by atoms with van der Waals surface area (Å²) < 4.78 is 6.19. The Balaban J connectivity index is 1.07. The van der Waals surface area contributed by atoms with Crippen molar-refractivity contribution >= 4 is 0 Å². The number of benzene rings is 1. The molecule has 0 bridgehead atoms. The van der Waals surface area contributed by atoms with Crippen LogP contribution in [0, 0.1) is 23.7 Å². The zero-order chi connectivity index (χ0) is 30.0. The molecule has 3 heteroatoms. The van der Waals surface area contributed by atoms with Crippen molar-refractivity contribution in [3.8, 4) is 17.1 Å². The third-order valence-electron chi connectivity index (χ3n) is 10.8. The number of nitrogens with zero attached hydrogens (tertiary/aromatic N) is 2. The summed E-state index contributed by atoms with van der Waals surface area (Å²) in [6, 6.07) is 8.41. The van der Waals surface area contributed by atoms with Gasteiger partial charge in [0.05, 0.1) is 6.61 Å². The van der Waals surface area contributed by atoms with Gasteiger partial charge in [-0.1, -0.05) is 136 Å². The van der Waals surface area contributed by atoms with Crippen LogP contribution in [0.15, 0.2) is 36.7 Å². The highest BCUT2D eigenvalue weighted by atomic mass is 16.5. The molecule has 240 valence electrons. The molecule has 2 saturated carbocycles. The molecule has 1 aromatic heterocycles. The van der Waals surface area contributed by atoms with Crippen LogP contribution in [0.2, 0.25) is 0 Å². The SMILES string of the molecule is CCCCCCCCCC[C@H]1CC[C@H](CCc2cnc(-c3ccc(OCC4CCC(CCCCC)CC4)cc3)nc2)CC1. The van der Waals surface area contributed by atoms with Gasteiger partial charge in [0.25, 0.3) is 0 Å². The molecular formula is C40H64N2O. The van der Waals surface area contributed by atoms with E-state index in [0.717, 1.165) is 47.9 Å². The molecule has 0 atom stereocenters. The molecule has 0 radical (unpaired) electrons. The van der Waals surface area contributed by atoms with E-state index >= 15 is 0 Å². The number of hydrogen-bond donors (Lipinski definition) is 0. The summed E-state index contributed by atoms with van der Waals surface area (Å²) >= 11 is 0. The Kier molecular flexibility index (Phi) is 16.0. The Hall–Kier alpha value is -1.90. The van der Waals surface area contributed by atoms with Crippen molar-refractivity contribution in [2.75, 3.05) is 6.61 Å². The molecule has 2 aromatic rings. The zero-order valence-electron chi connectivity index (χ0n) is 28.0. The van der Waals surface area contributed by atoms with Crippen LogP contribution < -0.4 is 4.74 Å². The van der Waals surface area contributed by atoms with E-state index in [2.05, 4.69) is 50.5 Å². The molecule has 0 aliphatic heterocycles. The van der Waals surface area contributed by atoms with Crippen molar-refractivity contribution in [2.24, 2.45) is 23.7 Å². The van der Waals surface area contributed by atoms with Gasteiger partial charge in [0.1, 0.15) is 5.75 Å². The number of aromatic nitrogens is 2. The van der Waals surface area contributed by atoms with E-state index in [9.17, 15) is 0 Å². The normalized spacial score (nSPS) is 22.5. The van der Waals surface area contributed by atoms with Crippen LogP contribution in [0.3, 0.4) is 0 Å². The molecule has 0 amide bonds. The minimum absolute atomic E-state index is 0.715. The molecule has 0 spiro atoms. The van der Waals surface area contributed by atoms with Gasteiger partial charge in [-0.25, -0.2) is 9.97 Å². The molecular weight excluding hydrogens is 524 g/mol. The van der Waals surface area contributed by atoms with Crippen molar-refractivity contribution < 1.29 is 4.74 Å². The van der Waals surface area contributed by atoms with E-state index < -0.39 is 0 Å². The zero-order valence-corrected chi connectivity index (χ0v) is 28.0. The number of hydrogen-bond acceptors (Lipinski definition) is 3. The summed E-state index contributed by atoms with van der Waals surface area (Å²) in [6.07, 6.45) is 36.3. The maximum atomic E-state index is 6.19. The molecule has 0 N–H and O–H groups in total. The fraction of sp³-hybridized carbons (Fsp3) is 0.750. The Labute approximate surface area is 265 Å². The van der Waals surface area contributed by atoms with Gasteiger partial charge in [-0.05, 0) is 79.2 Å². The maximum absolute atomic E-state index is 6.19. The van der Waals surface area contributed by atoms with Crippen LogP contribution >= 0.6 is 0 Å². The highest BCUT2D eigenvalue weighted by Gasteiger charge is 2.22. The Bertz CT molecular complexity index is 955. The summed E-state index contributed by atoms with van der Waals surface area (Å²) in [4.78, 5) is 9.45. The fourth-order valence-electron chi connectivity index (χ4n) is 7.66. The lowest BCUT2D eigenvalue weighted by molar-refractivity contribution is 0.177. The van der Waals surface area contributed by atoms with E-state index in [-0.39, 0.29) is 0 Å². The monoisotopic (exact) mass is 589 g/mol. The average molecular weight is 589 g/mol. The molecule has 2 fully saturated rings. The second kappa shape index (κ2) is 20.2. The summed E-state index contributed by atoms with van der Waals surface area (Å²) in [7, 11) is 0. The molecule has 2 aliphatic rings. The van der Waals surface area contributed by atoms with Gasteiger partial charge in [0.15, 0.2) is 5.82 Å². The third kappa shape index (κ3) is 12.9. The van der Waals surface area contributed by atoms with E-state index in [0.29, 0.717) is 5.92 Å². The van der Waals surface area contributed by atoms with Gasteiger partial charge < -0.3 is 4.74 Å². The first-order valence-electron chi connectivity index (χ1n) is 18.8. The summed E-state index contributed by atoms with van der Waals surface area (Å²) in [6.45, 7) is 5.46. The lowest BCUT2D eigenvalue weighted by atomic mass is 9.78. The predicted octanol–water partition coefficient (Wildman–Crippen LogP) is 12.2. The molecule has 0 unspecified atom stereocenters. The first-order valence-corrected chi connectivity index (χ1v) is 18.8. The number of ether oxygens (including phenoxy) is 1. The van der Waals surface area contributed by atoms with Gasteiger partial charge in [-0.3, -0.25) is 0 Å². The van der Waals surface area contributed by atoms with Crippen LogP contribution in [-0.4, -0.2) is 16.6 Å². The van der Waals surface area contributed by atoms with Gasteiger partial charge in [-0.2, -0.15) is 0 Å². The van der Waals surface area contributed by atoms with Gasteiger partial charge in [-0.15, -0.1) is 0 Å². The molecule has 1 aromatic carbocycles. The van der Waals surface area contributed by atoms with Crippen LogP contribution in [0.25, 0.3) is 11.4 Å². The second-order valence-corrected chi connectivity index (χ2v) is 14.3. The fourth-order valence-corrected chi connectivity index (χ4v) is 7.66. The Morgan fingerprint density at radius 2 is 1.02 bits per heavy atom. The van der Waals surface area contributed by atoms with E-state index in [4.69, 9.17) is 14.7 Å². The van der Waals surface area contributed by atoms with E-state index in [1.54, 1.807) is 0 Å². The maximum Gasteiger partial charge on any atom is 0.159 e. The average Bonchev–Trinajstić information content (AvgIpc) is 3.06. The lowest BCUT2D eigenvalue weighted by Gasteiger charge is -2.28. The standard InChI is InChI=1S/C40H64N2O/c1-3-5-7-8-9-10-11-13-15-34-16-18-35(19-17-34)22-25-37-30-41-40(42-31-37)38-26-28-39(29-27-38)43-32-36-23-20-33(21-24-36)14-12-6-4-2/h26-31,33-36H,3-25,32H2,1-2H3/t33?,34-,35-,36?. The van der Waals surface area contributed by atoms with Crippen molar-refractivity contribution in [3.05, 3.63) is 42.2 Å². The minimum Gasteiger partial charge on any atom is -0.493 e. The first-order chi connectivity index (χ1) is 21.2. The summed E-state index contributed by atoms with van der Waals surface area (Å²) in [5, 5.41) is 0. The minimum atomic E-state index is 0.715. The first kappa shape index (κ1) is 34.0. The topological polar surface area (TPSA) is 35.0 Å². The molecule has 3 nitrogen and oxygen atoms in total. The third-order valence-corrected chi connectivity index (χ3v) is 10.8. The largest absolute Gasteiger partial charge is 0.493 e. The quantitative estimate of drug-likeness (QED) is 0.144. The van der Waals surface area contributed by atoms with E-state index in [1.165, 1.54) is 147 Å². The molecule has 43 heavy (non-hydrogen) atoms. The lowest BCUT2D eigenvalue weighted by Crippen LogP contribution is -2.20. The summed E-state index contributed by atoms with van der Waals surface area (Å²) in [5.41, 5.74) is 2.35. The predicted molar refractivity (Wildman–Crippen MR) is 184 cm³/mol. The number of unbranched alkanes of at least 4 members (excludes halogenated alkanes) is 9. The van der Waals surface area contributed by atoms with Gasteiger partial charge in [0.2, 0.25) is 0 Å². The highest BCUT2D eigenvalue weighted by molar-refractivity contribution is 5.55. The second-order valence-electron chi connectivity index (χ2n) is 14.3. The van der Waals surface area contributed by atoms with Crippen LogP contribution in [-0.2, 0) is 6.42 Å². The van der Waals surface area contributed by atoms with Crippen molar-refractivity contribution in [2.45, 2.75) is 162 Å². The smallest absolute Gasteiger partial charge is 0.159 e. The van der Waals surface area contributed by atoms with Crippen LogP contribution in [0.5, 0.6) is 5.75 Å². The van der Waals surface area contributed by atoms with Gasteiger partial charge in [0, 0.05) is 18.0 Å². The molecule has 0 saturated heterocycles. The van der Waals surface area contributed by atoms with Crippen molar-refractivity contribution in [1.29, 1.82) is 0 Å². The van der Waals surface area contributed by atoms with Gasteiger partial charge >= 0.3 is 0 Å². The molecule has 1 heterocycles. The Morgan fingerprint density at radius 1 is 0.558 bits per heavy atom. The van der Waals surface area contributed by atoms with Crippen LogP contribution in [0.1, 0.15) is 161 Å². The van der Waals surface area contributed by atoms with Crippen molar-refractivity contribution in [1.82, 2.24) is 9.97 Å². The van der Waals surface area contributed by atoms with Crippen LogP contribution in [0.4, 0.5) is 0 Å². The number of aryl methyl sites for hydroxylation is 1. The highest BCUT2D eigenvalue weighted by Crippen LogP contribution is 2.35.